The molecule has 0 amide bonds. The van der Waals surface area contributed by atoms with Gasteiger partial charge in [-0.2, -0.15) is 5.26 Å². The highest BCUT2D eigenvalue weighted by atomic mass is 32.2. The largest absolute Gasteiger partial charge is 0.227 e. The highest BCUT2D eigenvalue weighted by Crippen LogP contribution is 2.03. The Balaban J connectivity index is 4.44. The Hall–Kier alpha value is -0.600. The standard InChI is InChI=1S/C8H16N2O2S/c1-3-6-10(7-4-2)13(11,12)8-5-9/h3-4,6-8H2,1-2H3. The van der Waals surface area contributed by atoms with E-state index < -0.39 is 15.8 Å². The van der Waals surface area contributed by atoms with Crippen LogP contribution >= 0.6 is 0 Å². The molecule has 0 aromatic carbocycles. The number of nitriles is 1. The van der Waals surface area contributed by atoms with Crippen molar-refractivity contribution >= 4 is 10.0 Å². The molecule has 4 nitrogen and oxygen atoms in total. The molecular weight excluding hydrogens is 188 g/mol. The molecule has 0 saturated heterocycles. The van der Waals surface area contributed by atoms with E-state index in [4.69, 9.17) is 5.26 Å². The summed E-state index contributed by atoms with van der Waals surface area (Å²) in [6, 6.07) is 1.68. The second-order valence-corrected chi connectivity index (χ2v) is 4.78. The summed E-state index contributed by atoms with van der Waals surface area (Å²) in [5.74, 6) is -0.410. The summed E-state index contributed by atoms with van der Waals surface area (Å²) in [6.45, 7) is 4.87. The van der Waals surface area contributed by atoms with Gasteiger partial charge in [0.15, 0.2) is 5.75 Å². The molecule has 0 aromatic rings. The third-order valence-corrected chi connectivity index (χ3v) is 3.23. The first-order chi connectivity index (χ1) is 6.08. The number of hydrogen-bond donors (Lipinski definition) is 0. The van der Waals surface area contributed by atoms with Crippen molar-refractivity contribution in [1.29, 1.82) is 5.26 Å². The molecule has 0 aliphatic rings. The molecule has 0 unspecified atom stereocenters. The van der Waals surface area contributed by atoms with E-state index in [9.17, 15) is 8.42 Å². The predicted octanol–water partition coefficient (Wildman–Crippen LogP) is 0.962. The van der Waals surface area contributed by atoms with Crippen LogP contribution in [0.3, 0.4) is 0 Å². The maximum atomic E-state index is 11.4. The molecule has 13 heavy (non-hydrogen) atoms. The lowest BCUT2D eigenvalue weighted by Gasteiger charge is -2.18. The number of nitrogens with zero attached hydrogens (tertiary/aromatic N) is 2. The van der Waals surface area contributed by atoms with Gasteiger partial charge >= 0.3 is 0 Å². The molecule has 0 aliphatic heterocycles. The van der Waals surface area contributed by atoms with E-state index in [-0.39, 0.29) is 0 Å². The van der Waals surface area contributed by atoms with Crippen molar-refractivity contribution in [2.75, 3.05) is 18.8 Å². The fourth-order valence-corrected chi connectivity index (χ4v) is 2.33. The molecule has 0 fully saturated rings. The zero-order chi connectivity index (χ0) is 10.3. The zero-order valence-electron chi connectivity index (χ0n) is 8.15. The zero-order valence-corrected chi connectivity index (χ0v) is 8.97. The number of sulfonamides is 1. The van der Waals surface area contributed by atoms with Gasteiger partial charge < -0.3 is 0 Å². The summed E-state index contributed by atoms with van der Waals surface area (Å²) in [5, 5.41) is 8.33. The van der Waals surface area contributed by atoms with Gasteiger partial charge in [0.1, 0.15) is 0 Å². The van der Waals surface area contributed by atoms with E-state index in [1.807, 2.05) is 13.8 Å². The van der Waals surface area contributed by atoms with Gasteiger partial charge in [-0.3, -0.25) is 0 Å². The Morgan fingerprint density at radius 2 is 1.69 bits per heavy atom. The van der Waals surface area contributed by atoms with Gasteiger partial charge in [-0.25, -0.2) is 12.7 Å². The molecule has 0 N–H and O–H groups in total. The van der Waals surface area contributed by atoms with Gasteiger partial charge in [0.25, 0.3) is 0 Å². The maximum Gasteiger partial charge on any atom is 0.227 e. The highest BCUT2D eigenvalue weighted by Gasteiger charge is 2.19. The van der Waals surface area contributed by atoms with E-state index in [1.165, 1.54) is 4.31 Å². The van der Waals surface area contributed by atoms with Gasteiger partial charge in [0, 0.05) is 13.1 Å². The topological polar surface area (TPSA) is 61.2 Å². The summed E-state index contributed by atoms with van der Waals surface area (Å²) in [6.07, 6.45) is 1.56. The van der Waals surface area contributed by atoms with Crippen LogP contribution in [0.15, 0.2) is 0 Å². The quantitative estimate of drug-likeness (QED) is 0.647. The summed E-state index contributed by atoms with van der Waals surface area (Å²) >= 11 is 0. The lowest BCUT2D eigenvalue weighted by molar-refractivity contribution is 0.412. The van der Waals surface area contributed by atoms with Crippen LogP contribution in [0.2, 0.25) is 0 Å². The summed E-state index contributed by atoms with van der Waals surface area (Å²) < 4.78 is 24.2. The first-order valence-corrected chi connectivity index (χ1v) is 6.04. The lowest BCUT2D eigenvalue weighted by atomic mass is 10.4. The van der Waals surface area contributed by atoms with Gasteiger partial charge in [0.05, 0.1) is 6.07 Å². The van der Waals surface area contributed by atoms with E-state index in [2.05, 4.69) is 0 Å². The van der Waals surface area contributed by atoms with Crippen molar-refractivity contribution in [3.8, 4) is 6.07 Å². The minimum Gasteiger partial charge on any atom is -0.211 e. The van der Waals surface area contributed by atoms with Crippen LogP contribution in [0.4, 0.5) is 0 Å². The van der Waals surface area contributed by atoms with Crippen LogP contribution in [0, 0.1) is 11.3 Å². The molecule has 0 aliphatic carbocycles. The van der Waals surface area contributed by atoms with Crippen LogP contribution in [-0.2, 0) is 10.0 Å². The van der Waals surface area contributed by atoms with Crippen molar-refractivity contribution in [3.05, 3.63) is 0 Å². The number of hydrogen-bond acceptors (Lipinski definition) is 3. The maximum absolute atomic E-state index is 11.4. The van der Waals surface area contributed by atoms with Gasteiger partial charge in [-0.05, 0) is 12.8 Å². The minimum absolute atomic E-state index is 0.410. The van der Waals surface area contributed by atoms with E-state index in [0.717, 1.165) is 12.8 Å². The van der Waals surface area contributed by atoms with Gasteiger partial charge in [-0.15, -0.1) is 0 Å². The highest BCUT2D eigenvalue weighted by molar-refractivity contribution is 7.89. The summed E-state index contributed by atoms with van der Waals surface area (Å²) in [7, 11) is -3.32. The molecule has 0 spiro atoms. The first kappa shape index (κ1) is 12.4. The Morgan fingerprint density at radius 3 is 2.00 bits per heavy atom. The van der Waals surface area contributed by atoms with Crippen LogP contribution in [0.1, 0.15) is 26.7 Å². The second kappa shape index (κ2) is 5.95. The Morgan fingerprint density at radius 1 is 1.23 bits per heavy atom. The second-order valence-electron chi connectivity index (χ2n) is 2.81. The molecule has 0 radical (unpaired) electrons. The molecule has 0 saturated carbocycles. The van der Waals surface area contributed by atoms with Crippen molar-refractivity contribution in [2.24, 2.45) is 0 Å². The first-order valence-electron chi connectivity index (χ1n) is 4.43. The SMILES string of the molecule is CCCN(CCC)S(=O)(=O)CC#N. The molecule has 0 atom stereocenters. The smallest absolute Gasteiger partial charge is 0.211 e. The summed E-state index contributed by atoms with van der Waals surface area (Å²) in [5.41, 5.74) is 0. The normalized spacial score (nSPS) is 11.5. The summed E-state index contributed by atoms with van der Waals surface area (Å²) in [4.78, 5) is 0. The van der Waals surface area contributed by atoms with E-state index in [0.29, 0.717) is 13.1 Å². The van der Waals surface area contributed by atoms with E-state index >= 15 is 0 Å². The fourth-order valence-electron chi connectivity index (χ4n) is 1.06. The predicted molar refractivity (Wildman–Crippen MR) is 51.6 cm³/mol. The average Bonchev–Trinajstić information content (AvgIpc) is 2.04. The molecule has 0 heterocycles. The number of rotatable bonds is 6. The average molecular weight is 204 g/mol. The minimum atomic E-state index is -3.32. The molecule has 0 aromatic heterocycles. The van der Waals surface area contributed by atoms with Crippen molar-refractivity contribution < 1.29 is 8.42 Å². The molecule has 0 rings (SSSR count). The van der Waals surface area contributed by atoms with Gasteiger partial charge in [0.2, 0.25) is 10.0 Å². The lowest BCUT2D eigenvalue weighted by Crippen LogP contribution is -2.34. The van der Waals surface area contributed by atoms with Crippen molar-refractivity contribution in [3.63, 3.8) is 0 Å². The van der Waals surface area contributed by atoms with Crippen LogP contribution in [0.5, 0.6) is 0 Å². The molecule has 0 bridgehead atoms. The van der Waals surface area contributed by atoms with Crippen molar-refractivity contribution in [2.45, 2.75) is 26.7 Å². The molecular formula is C8H16N2O2S. The Bertz CT molecular complexity index is 260. The van der Waals surface area contributed by atoms with Crippen LogP contribution < -0.4 is 0 Å². The van der Waals surface area contributed by atoms with Gasteiger partial charge in [-0.1, -0.05) is 13.8 Å². The third-order valence-electron chi connectivity index (χ3n) is 1.59. The van der Waals surface area contributed by atoms with Crippen LogP contribution in [0.25, 0.3) is 0 Å². The Kier molecular flexibility index (Phi) is 5.67. The fraction of sp³-hybridized carbons (Fsp3) is 0.875. The van der Waals surface area contributed by atoms with Crippen molar-refractivity contribution in [1.82, 2.24) is 4.31 Å². The third kappa shape index (κ3) is 4.25. The van der Waals surface area contributed by atoms with E-state index in [1.54, 1.807) is 6.07 Å². The Labute approximate surface area is 80.2 Å². The van der Waals surface area contributed by atoms with Crippen LogP contribution in [-0.4, -0.2) is 31.6 Å². The molecule has 76 valence electrons. The monoisotopic (exact) mass is 204 g/mol. The molecule has 5 heteroatoms.